The fourth-order valence-corrected chi connectivity index (χ4v) is 2.02. The molecule has 3 nitrogen and oxygen atoms in total. The highest BCUT2D eigenvalue weighted by molar-refractivity contribution is 5.43. The molecule has 0 heterocycles. The molecular formula is C18H17NO2. The van der Waals surface area contributed by atoms with Crippen molar-refractivity contribution in [2.24, 2.45) is 0 Å². The van der Waals surface area contributed by atoms with Gasteiger partial charge in [-0.3, -0.25) is 0 Å². The van der Waals surface area contributed by atoms with Gasteiger partial charge >= 0.3 is 0 Å². The van der Waals surface area contributed by atoms with Crippen LogP contribution in [0, 0.1) is 11.3 Å². The number of nitriles is 1. The van der Waals surface area contributed by atoms with Gasteiger partial charge in [0.05, 0.1) is 18.7 Å². The van der Waals surface area contributed by atoms with Crippen molar-refractivity contribution in [2.75, 3.05) is 7.11 Å². The van der Waals surface area contributed by atoms with E-state index in [-0.39, 0.29) is 0 Å². The summed E-state index contributed by atoms with van der Waals surface area (Å²) in [6, 6.07) is 15.3. The smallest absolute Gasteiger partial charge is 0.161 e. The third-order valence-electron chi connectivity index (χ3n) is 3.06. The monoisotopic (exact) mass is 279 g/mol. The van der Waals surface area contributed by atoms with Gasteiger partial charge in [-0.05, 0) is 41.8 Å². The van der Waals surface area contributed by atoms with E-state index >= 15 is 0 Å². The van der Waals surface area contributed by atoms with Crippen LogP contribution in [-0.2, 0) is 13.0 Å². The fraction of sp³-hybridized carbons (Fsp3) is 0.167. The number of allylic oxidation sites excluding steroid dienone is 1. The van der Waals surface area contributed by atoms with Crippen LogP contribution >= 0.6 is 0 Å². The Labute approximate surface area is 125 Å². The molecule has 2 aromatic rings. The summed E-state index contributed by atoms with van der Waals surface area (Å²) >= 11 is 0. The lowest BCUT2D eigenvalue weighted by atomic mass is 10.1. The number of hydrogen-bond donors (Lipinski definition) is 0. The van der Waals surface area contributed by atoms with Gasteiger partial charge in [0.2, 0.25) is 0 Å². The first kappa shape index (κ1) is 14.7. The molecule has 3 heteroatoms. The van der Waals surface area contributed by atoms with Crippen molar-refractivity contribution in [1.29, 1.82) is 5.26 Å². The van der Waals surface area contributed by atoms with Gasteiger partial charge < -0.3 is 9.47 Å². The second-order valence-corrected chi connectivity index (χ2v) is 4.58. The van der Waals surface area contributed by atoms with Gasteiger partial charge in [-0.2, -0.15) is 5.26 Å². The van der Waals surface area contributed by atoms with Crippen LogP contribution in [0.5, 0.6) is 11.5 Å². The van der Waals surface area contributed by atoms with Crippen LogP contribution in [-0.4, -0.2) is 7.11 Å². The van der Waals surface area contributed by atoms with Gasteiger partial charge in [-0.15, -0.1) is 6.58 Å². The maximum absolute atomic E-state index is 8.89. The summed E-state index contributed by atoms with van der Waals surface area (Å²) in [6.07, 6.45) is 2.64. The van der Waals surface area contributed by atoms with E-state index in [1.807, 2.05) is 42.5 Å². The Morgan fingerprint density at radius 3 is 2.71 bits per heavy atom. The van der Waals surface area contributed by atoms with Crippen molar-refractivity contribution in [1.82, 2.24) is 0 Å². The summed E-state index contributed by atoms with van der Waals surface area (Å²) in [5.41, 5.74) is 2.70. The Bertz CT molecular complexity index is 671. The average molecular weight is 279 g/mol. The molecule has 0 aliphatic heterocycles. The SMILES string of the molecule is C=CCc1ccc(OCc2cccc(C#N)c2)c(OC)c1. The fourth-order valence-electron chi connectivity index (χ4n) is 2.02. The molecule has 0 saturated carbocycles. The second kappa shape index (κ2) is 7.16. The minimum Gasteiger partial charge on any atom is -0.493 e. The van der Waals surface area contributed by atoms with Crippen molar-refractivity contribution in [3.05, 3.63) is 71.8 Å². The van der Waals surface area contributed by atoms with Crippen LogP contribution in [0.25, 0.3) is 0 Å². The highest BCUT2D eigenvalue weighted by atomic mass is 16.5. The molecule has 21 heavy (non-hydrogen) atoms. The maximum Gasteiger partial charge on any atom is 0.161 e. The first-order chi connectivity index (χ1) is 10.3. The van der Waals surface area contributed by atoms with E-state index in [2.05, 4.69) is 12.6 Å². The third kappa shape index (κ3) is 3.87. The number of hydrogen-bond acceptors (Lipinski definition) is 3. The molecular weight excluding hydrogens is 262 g/mol. The highest BCUT2D eigenvalue weighted by Gasteiger charge is 2.06. The van der Waals surface area contributed by atoms with Gasteiger partial charge in [0.1, 0.15) is 6.61 Å². The molecule has 0 radical (unpaired) electrons. The molecule has 0 bridgehead atoms. The lowest BCUT2D eigenvalue weighted by molar-refractivity contribution is 0.284. The number of ether oxygens (including phenoxy) is 2. The summed E-state index contributed by atoms with van der Waals surface area (Å²) in [4.78, 5) is 0. The Balaban J connectivity index is 2.12. The van der Waals surface area contributed by atoms with E-state index in [4.69, 9.17) is 14.7 Å². The zero-order valence-corrected chi connectivity index (χ0v) is 12.0. The van der Waals surface area contributed by atoms with Gasteiger partial charge in [0.25, 0.3) is 0 Å². The molecule has 0 N–H and O–H groups in total. The second-order valence-electron chi connectivity index (χ2n) is 4.58. The van der Waals surface area contributed by atoms with Gasteiger partial charge in [0, 0.05) is 0 Å². The van der Waals surface area contributed by atoms with E-state index in [0.717, 1.165) is 17.5 Å². The van der Waals surface area contributed by atoms with Crippen LogP contribution in [0.15, 0.2) is 55.1 Å². The summed E-state index contributed by atoms with van der Waals surface area (Å²) in [5.74, 6) is 1.39. The van der Waals surface area contributed by atoms with Crippen LogP contribution in [0.2, 0.25) is 0 Å². The summed E-state index contributed by atoms with van der Waals surface area (Å²) < 4.78 is 11.1. The normalized spacial score (nSPS) is 9.71. The Kier molecular flexibility index (Phi) is 5.00. The van der Waals surface area contributed by atoms with Crippen LogP contribution < -0.4 is 9.47 Å². The Morgan fingerprint density at radius 1 is 1.14 bits per heavy atom. The molecule has 0 amide bonds. The molecule has 0 aliphatic carbocycles. The predicted molar refractivity (Wildman–Crippen MR) is 82.4 cm³/mol. The van der Waals surface area contributed by atoms with Crippen molar-refractivity contribution in [3.63, 3.8) is 0 Å². The van der Waals surface area contributed by atoms with Crippen molar-refractivity contribution >= 4 is 0 Å². The molecule has 2 aromatic carbocycles. The molecule has 0 atom stereocenters. The van der Waals surface area contributed by atoms with Gasteiger partial charge in [-0.1, -0.05) is 24.3 Å². The van der Waals surface area contributed by atoms with E-state index in [0.29, 0.717) is 23.7 Å². The van der Waals surface area contributed by atoms with Crippen LogP contribution in [0.4, 0.5) is 0 Å². The quantitative estimate of drug-likeness (QED) is 0.754. The average Bonchev–Trinajstić information content (AvgIpc) is 2.54. The van der Waals surface area contributed by atoms with Crippen LogP contribution in [0.1, 0.15) is 16.7 Å². The molecule has 0 saturated heterocycles. The minimum absolute atomic E-state index is 0.396. The number of methoxy groups -OCH3 is 1. The molecule has 0 aliphatic rings. The highest BCUT2D eigenvalue weighted by Crippen LogP contribution is 2.29. The van der Waals surface area contributed by atoms with Crippen LogP contribution in [0.3, 0.4) is 0 Å². The molecule has 106 valence electrons. The maximum atomic E-state index is 8.89. The molecule has 2 rings (SSSR count). The van der Waals surface area contributed by atoms with E-state index in [1.54, 1.807) is 13.2 Å². The third-order valence-corrected chi connectivity index (χ3v) is 3.06. The molecule has 0 spiro atoms. The summed E-state index contributed by atoms with van der Waals surface area (Å²) in [6.45, 7) is 4.12. The van der Waals surface area contributed by atoms with E-state index in [1.165, 1.54) is 0 Å². The van der Waals surface area contributed by atoms with E-state index in [9.17, 15) is 0 Å². The number of benzene rings is 2. The lowest BCUT2D eigenvalue weighted by Gasteiger charge is -2.12. The largest absolute Gasteiger partial charge is 0.493 e. The minimum atomic E-state index is 0.396. The standard InChI is InChI=1S/C18H17NO2/c1-3-5-14-8-9-17(18(11-14)20-2)21-13-16-7-4-6-15(10-16)12-19/h3-4,6-11H,1,5,13H2,2H3. The topological polar surface area (TPSA) is 42.2 Å². The van der Waals surface area contributed by atoms with E-state index < -0.39 is 0 Å². The summed E-state index contributed by atoms with van der Waals surface area (Å²) in [7, 11) is 1.62. The lowest BCUT2D eigenvalue weighted by Crippen LogP contribution is -1.98. The Hall–Kier alpha value is -2.73. The Morgan fingerprint density at radius 2 is 2.00 bits per heavy atom. The molecule has 0 fully saturated rings. The van der Waals surface area contributed by atoms with Crippen molar-refractivity contribution in [3.8, 4) is 17.6 Å². The van der Waals surface area contributed by atoms with Crippen molar-refractivity contribution < 1.29 is 9.47 Å². The zero-order chi connectivity index (χ0) is 15.1. The first-order valence-electron chi connectivity index (χ1n) is 6.66. The summed E-state index contributed by atoms with van der Waals surface area (Å²) in [5, 5.41) is 8.89. The number of nitrogens with zero attached hydrogens (tertiary/aromatic N) is 1. The first-order valence-corrected chi connectivity index (χ1v) is 6.66. The molecule has 0 unspecified atom stereocenters. The van der Waals surface area contributed by atoms with Crippen molar-refractivity contribution in [2.45, 2.75) is 13.0 Å². The zero-order valence-electron chi connectivity index (χ0n) is 12.0. The van der Waals surface area contributed by atoms with Gasteiger partial charge in [-0.25, -0.2) is 0 Å². The van der Waals surface area contributed by atoms with Gasteiger partial charge in [0.15, 0.2) is 11.5 Å². The molecule has 0 aromatic heterocycles. The predicted octanol–water partition coefficient (Wildman–Crippen LogP) is 3.87. The number of rotatable bonds is 6.